The van der Waals surface area contributed by atoms with E-state index in [9.17, 15) is 4.55 Å². The molecule has 0 fully saturated rings. The zero-order valence-corrected chi connectivity index (χ0v) is 12.2. The lowest BCUT2D eigenvalue weighted by Gasteiger charge is -2.26. The molecule has 0 aliphatic carbocycles. The second kappa shape index (κ2) is 5.44. The number of halogens is 1. The molecule has 2 unspecified atom stereocenters. The van der Waals surface area contributed by atoms with Crippen LogP contribution < -0.4 is 4.72 Å². The highest BCUT2D eigenvalue weighted by Gasteiger charge is 2.28. The first-order chi connectivity index (χ1) is 7.30. The lowest BCUT2D eigenvalue weighted by molar-refractivity contribution is 0.528. The van der Waals surface area contributed by atoms with Gasteiger partial charge in [0.05, 0.1) is 11.7 Å². The van der Waals surface area contributed by atoms with Crippen molar-refractivity contribution in [3.8, 4) is 0 Å². The third kappa shape index (κ3) is 4.01. The van der Waals surface area contributed by atoms with Crippen molar-refractivity contribution in [1.29, 1.82) is 0 Å². The van der Waals surface area contributed by atoms with Gasteiger partial charge in [0.1, 0.15) is 9.35 Å². The molecule has 0 aliphatic rings. The van der Waals surface area contributed by atoms with Gasteiger partial charge in [-0.05, 0) is 55.8 Å². The summed E-state index contributed by atoms with van der Waals surface area (Å²) in [5.41, 5.74) is 0.779. The van der Waals surface area contributed by atoms with E-state index in [4.69, 9.17) is 0 Å². The van der Waals surface area contributed by atoms with E-state index in [1.54, 1.807) is 0 Å². The van der Waals surface area contributed by atoms with E-state index < -0.39 is 11.4 Å². The maximum Gasteiger partial charge on any atom is 0.136 e. The molecular weight excluding hydrogens is 290 g/mol. The van der Waals surface area contributed by atoms with Crippen molar-refractivity contribution in [3.05, 3.63) is 22.4 Å². The molecule has 0 saturated heterocycles. The van der Waals surface area contributed by atoms with Crippen LogP contribution in [0, 0.1) is 0 Å². The van der Waals surface area contributed by atoms with Crippen LogP contribution >= 0.6 is 15.9 Å². The van der Waals surface area contributed by atoms with Crippen LogP contribution in [0.15, 0.2) is 16.7 Å². The van der Waals surface area contributed by atoms with Gasteiger partial charge < -0.3 is 4.55 Å². The van der Waals surface area contributed by atoms with Crippen molar-refractivity contribution in [3.63, 3.8) is 0 Å². The van der Waals surface area contributed by atoms with Gasteiger partial charge in [-0.1, -0.05) is 0 Å². The van der Waals surface area contributed by atoms with Gasteiger partial charge in [-0.3, -0.25) is 0 Å². The summed E-state index contributed by atoms with van der Waals surface area (Å²) in [6.07, 6.45) is 0. The number of nitrogens with one attached hydrogen (secondary N) is 1. The molecular formula is C10H16BrN3OS. The Bertz CT molecular complexity index is 339. The normalized spacial score (nSPS) is 15.9. The van der Waals surface area contributed by atoms with Crippen LogP contribution in [0.1, 0.15) is 39.4 Å². The lowest BCUT2D eigenvalue weighted by atomic mass is 10.2. The number of aromatic nitrogens is 2. The Labute approximate surface area is 108 Å². The predicted octanol–water partition coefficient (Wildman–Crippen LogP) is 2.35. The molecule has 0 aliphatic heterocycles. The first kappa shape index (κ1) is 13.9. The molecule has 1 N–H and O–H groups in total. The molecule has 1 aromatic rings. The fraction of sp³-hybridized carbons (Fsp3) is 0.600. The van der Waals surface area contributed by atoms with Crippen LogP contribution in [-0.4, -0.2) is 19.5 Å². The molecule has 1 heterocycles. The Balaban J connectivity index is 2.65. The number of hydrogen-bond donors (Lipinski definition) is 1. The monoisotopic (exact) mass is 305 g/mol. The third-order valence-corrected chi connectivity index (χ3v) is 4.04. The molecule has 1 rings (SSSR count). The summed E-state index contributed by atoms with van der Waals surface area (Å²) < 4.78 is 15.3. The molecule has 0 aromatic carbocycles. The summed E-state index contributed by atoms with van der Waals surface area (Å²) in [7, 11) is 0. The Morgan fingerprint density at radius 3 is 2.44 bits per heavy atom. The maximum atomic E-state index is 11.9. The minimum atomic E-state index is -1.10. The Kier molecular flexibility index (Phi) is 4.73. The highest BCUT2D eigenvalue weighted by atomic mass is 79.9. The molecule has 0 radical (unpaired) electrons. The second-order valence-electron chi connectivity index (χ2n) is 4.50. The van der Waals surface area contributed by atoms with Gasteiger partial charge in [0.2, 0.25) is 0 Å². The summed E-state index contributed by atoms with van der Waals surface area (Å²) in [4.78, 5) is 0. The minimum Gasteiger partial charge on any atom is -0.598 e. The van der Waals surface area contributed by atoms with E-state index in [0.717, 1.165) is 5.69 Å². The van der Waals surface area contributed by atoms with Gasteiger partial charge in [-0.15, -0.1) is 9.82 Å². The summed E-state index contributed by atoms with van der Waals surface area (Å²) >= 11 is 2.12. The molecule has 0 bridgehead atoms. The van der Waals surface area contributed by atoms with Crippen LogP contribution in [0.25, 0.3) is 0 Å². The Hall–Kier alpha value is -0.170. The lowest BCUT2D eigenvalue weighted by Crippen LogP contribution is -2.40. The van der Waals surface area contributed by atoms with Crippen molar-refractivity contribution < 1.29 is 4.55 Å². The molecule has 1 aromatic heterocycles. The fourth-order valence-corrected chi connectivity index (χ4v) is 1.96. The quantitative estimate of drug-likeness (QED) is 0.871. The smallest absolute Gasteiger partial charge is 0.136 e. The van der Waals surface area contributed by atoms with Crippen molar-refractivity contribution >= 4 is 27.3 Å². The summed E-state index contributed by atoms with van der Waals surface area (Å²) in [5.74, 6) is 0. The Morgan fingerprint density at radius 2 is 2.00 bits per heavy atom. The highest BCUT2D eigenvalue weighted by Crippen LogP contribution is 2.18. The van der Waals surface area contributed by atoms with E-state index in [0.29, 0.717) is 4.60 Å². The average Bonchev–Trinajstić information content (AvgIpc) is 2.17. The summed E-state index contributed by atoms with van der Waals surface area (Å²) in [6, 6.07) is 3.59. The largest absolute Gasteiger partial charge is 0.598 e. The molecule has 6 heteroatoms. The van der Waals surface area contributed by atoms with Crippen molar-refractivity contribution in [2.75, 3.05) is 0 Å². The Morgan fingerprint density at radius 1 is 1.38 bits per heavy atom. The minimum absolute atomic E-state index is 0.0827. The molecule has 4 nitrogen and oxygen atoms in total. The summed E-state index contributed by atoms with van der Waals surface area (Å²) in [5, 5.41) is 7.92. The average molecular weight is 306 g/mol. The number of rotatable bonds is 3. The molecule has 0 spiro atoms. The van der Waals surface area contributed by atoms with E-state index in [2.05, 4.69) is 30.8 Å². The van der Waals surface area contributed by atoms with Gasteiger partial charge >= 0.3 is 0 Å². The van der Waals surface area contributed by atoms with Gasteiger partial charge in [-0.2, -0.15) is 5.10 Å². The van der Waals surface area contributed by atoms with Crippen LogP contribution in [-0.2, 0) is 11.4 Å². The van der Waals surface area contributed by atoms with Crippen LogP contribution in [0.3, 0.4) is 0 Å². The van der Waals surface area contributed by atoms with Gasteiger partial charge in [-0.25, -0.2) is 0 Å². The third-order valence-electron chi connectivity index (χ3n) is 1.94. The first-order valence-electron chi connectivity index (χ1n) is 4.98. The zero-order chi connectivity index (χ0) is 12.3. The molecule has 16 heavy (non-hydrogen) atoms. The number of nitrogens with zero attached hydrogens (tertiary/aromatic N) is 2. The zero-order valence-electron chi connectivity index (χ0n) is 9.82. The van der Waals surface area contributed by atoms with E-state index in [1.165, 1.54) is 0 Å². The van der Waals surface area contributed by atoms with Gasteiger partial charge in [0, 0.05) is 11.4 Å². The highest BCUT2D eigenvalue weighted by molar-refractivity contribution is 9.10. The van der Waals surface area contributed by atoms with Crippen molar-refractivity contribution in [2.45, 2.75) is 38.5 Å². The van der Waals surface area contributed by atoms with Crippen molar-refractivity contribution in [2.24, 2.45) is 0 Å². The first-order valence-corrected chi connectivity index (χ1v) is 6.92. The van der Waals surface area contributed by atoms with Crippen LogP contribution in [0.5, 0.6) is 0 Å². The van der Waals surface area contributed by atoms with Crippen LogP contribution in [0.4, 0.5) is 0 Å². The standard InChI is InChI=1S/C10H16BrN3OS/c1-7(14-16(15)10(2,3)4)8-5-6-9(11)13-12-8/h5-7,14H,1-4H3. The SMILES string of the molecule is CC(N[S+]([O-])C(C)(C)C)c1ccc(Br)nn1. The summed E-state index contributed by atoms with van der Waals surface area (Å²) in [6.45, 7) is 7.70. The van der Waals surface area contributed by atoms with E-state index >= 15 is 0 Å². The molecule has 0 saturated carbocycles. The second-order valence-corrected chi connectivity index (χ2v) is 7.31. The van der Waals surface area contributed by atoms with Crippen LogP contribution in [0.2, 0.25) is 0 Å². The molecule has 2 atom stereocenters. The maximum absolute atomic E-state index is 11.9. The van der Waals surface area contributed by atoms with Gasteiger partial charge in [0.15, 0.2) is 0 Å². The molecule has 0 amide bonds. The number of hydrogen-bond acceptors (Lipinski definition) is 4. The van der Waals surface area contributed by atoms with Crippen molar-refractivity contribution in [1.82, 2.24) is 14.9 Å². The topological polar surface area (TPSA) is 60.9 Å². The van der Waals surface area contributed by atoms with E-state index in [-0.39, 0.29) is 10.8 Å². The predicted molar refractivity (Wildman–Crippen MR) is 69.2 cm³/mol. The fourth-order valence-electron chi connectivity index (χ4n) is 0.955. The van der Waals surface area contributed by atoms with E-state index in [1.807, 2.05) is 39.8 Å². The van der Waals surface area contributed by atoms with Gasteiger partial charge in [0.25, 0.3) is 0 Å². The molecule has 90 valence electrons.